The van der Waals surface area contributed by atoms with E-state index >= 15 is 0 Å². The first-order chi connectivity index (χ1) is 13.7. The highest BCUT2D eigenvalue weighted by Gasteiger charge is 2.21. The smallest absolute Gasteiger partial charge is 0.345 e. The maximum absolute atomic E-state index is 12.0. The predicted molar refractivity (Wildman–Crippen MR) is 107 cm³/mol. The number of ether oxygens (including phenoxy) is 2. The number of nitro groups is 1. The van der Waals surface area contributed by atoms with E-state index in [2.05, 4.69) is 26.1 Å². The fraction of sp³-hybridized carbons (Fsp3) is 0.333. The topological polar surface area (TPSA) is 108 Å². The van der Waals surface area contributed by atoms with Crippen molar-refractivity contribution in [3.8, 4) is 5.75 Å². The van der Waals surface area contributed by atoms with Crippen molar-refractivity contribution in [1.82, 2.24) is 5.32 Å². The maximum atomic E-state index is 12.0. The van der Waals surface area contributed by atoms with Crippen LogP contribution in [-0.2, 0) is 14.9 Å². The number of hydrogen-bond donors (Lipinski definition) is 1. The van der Waals surface area contributed by atoms with Crippen molar-refractivity contribution in [2.24, 2.45) is 0 Å². The third-order valence-electron chi connectivity index (χ3n) is 4.07. The van der Waals surface area contributed by atoms with Gasteiger partial charge < -0.3 is 14.8 Å². The van der Waals surface area contributed by atoms with E-state index in [1.165, 1.54) is 29.8 Å². The normalized spacial score (nSPS) is 10.9. The lowest BCUT2D eigenvalue weighted by Gasteiger charge is -2.19. The Bertz CT molecular complexity index is 871. The summed E-state index contributed by atoms with van der Waals surface area (Å²) >= 11 is 0. The first-order valence-electron chi connectivity index (χ1n) is 9.09. The van der Waals surface area contributed by atoms with Crippen LogP contribution in [-0.4, -0.2) is 36.6 Å². The van der Waals surface area contributed by atoms with Gasteiger partial charge in [-0.1, -0.05) is 45.0 Å². The molecule has 2 rings (SSSR count). The largest absolute Gasteiger partial charge is 0.492 e. The lowest BCUT2D eigenvalue weighted by atomic mass is 9.87. The van der Waals surface area contributed by atoms with Gasteiger partial charge in [0.25, 0.3) is 11.6 Å². The summed E-state index contributed by atoms with van der Waals surface area (Å²) in [4.78, 5) is 34.0. The van der Waals surface area contributed by atoms with Gasteiger partial charge in [0.15, 0.2) is 6.61 Å². The van der Waals surface area contributed by atoms with Crippen LogP contribution in [0.3, 0.4) is 0 Å². The average Bonchev–Trinajstić information content (AvgIpc) is 2.69. The Morgan fingerprint density at radius 2 is 1.72 bits per heavy atom. The number of esters is 1. The highest BCUT2D eigenvalue weighted by molar-refractivity contribution is 5.95. The summed E-state index contributed by atoms with van der Waals surface area (Å²) in [7, 11) is 0. The number of carbonyl (C=O) groups is 2. The Kier molecular flexibility index (Phi) is 7.30. The Balaban J connectivity index is 1.72. The summed E-state index contributed by atoms with van der Waals surface area (Å²) in [5, 5.41) is 13.5. The van der Waals surface area contributed by atoms with Crippen molar-refractivity contribution in [2.45, 2.75) is 26.2 Å². The molecule has 0 saturated carbocycles. The van der Waals surface area contributed by atoms with E-state index in [1.807, 2.05) is 24.3 Å². The molecule has 0 saturated heterocycles. The maximum Gasteiger partial charge on any atom is 0.345 e. The van der Waals surface area contributed by atoms with Crippen LogP contribution in [0, 0.1) is 10.1 Å². The van der Waals surface area contributed by atoms with E-state index in [0.717, 1.165) is 0 Å². The van der Waals surface area contributed by atoms with Crippen molar-refractivity contribution in [1.29, 1.82) is 0 Å². The molecule has 0 aromatic heterocycles. The van der Waals surface area contributed by atoms with E-state index in [0.29, 0.717) is 5.75 Å². The lowest BCUT2D eigenvalue weighted by molar-refractivity contribution is -0.385. The van der Waals surface area contributed by atoms with E-state index < -0.39 is 23.4 Å². The van der Waals surface area contributed by atoms with Crippen LogP contribution in [0.2, 0.25) is 0 Å². The van der Waals surface area contributed by atoms with Crippen molar-refractivity contribution >= 4 is 17.6 Å². The SMILES string of the molecule is CC(C)(C)c1ccc(OCCNC(=O)COC(=O)c2ccccc2[N+](=O)[O-])cc1. The molecule has 0 radical (unpaired) electrons. The average molecular weight is 400 g/mol. The molecule has 8 heteroatoms. The Hall–Kier alpha value is -3.42. The van der Waals surface area contributed by atoms with Crippen molar-refractivity contribution in [2.75, 3.05) is 19.8 Å². The van der Waals surface area contributed by atoms with E-state index in [4.69, 9.17) is 9.47 Å². The van der Waals surface area contributed by atoms with Gasteiger partial charge in [-0.05, 0) is 29.2 Å². The highest BCUT2D eigenvalue weighted by atomic mass is 16.6. The molecule has 8 nitrogen and oxygen atoms in total. The lowest BCUT2D eigenvalue weighted by Crippen LogP contribution is -2.32. The molecule has 0 aliphatic carbocycles. The number of amides is 1. The summed E-state index contributed by atoms with van der Waals surface area (Å²) < 4.78 is 10.4. The van der Waals surface area contributed by atoms with Crippen LogP contribution in [0.5, 0.6) is 5.75 Å². The third-order valence-corrected chi connectivity index (χ3v) is 4.07. The highest BCUT2D eigenvalue weighted by Crippen LogP contribution is 2.24. The zero-order valence-corrected chi connectivity index (χ0v) is 16.6. The van der Waals surface area contributed by atoms with Gasteiger partial charge >= 0.3 is 5.97 Å². The van der Waals surface area contributed by atoms with Gasteiger partial charge in [-0.25, -0.2) is 4.79 Å². The molecule has 0 heterocycles. The molecule has 2 aromatic rings. The van der Waals surface area contributed by atoms with Gasteiger partial charge in [0.2, 0.25) is 0 Å². The van der Waals surface area contributed by atoms with Gasteiger partial charge in [-0.3, -0.25) is 14.9 Å². The van der Waals surface area contributed by atoms with Gasteiger partial charge in [-0.2, -0.15) is 0 Å². The molecule has 154 valence electrons. The minimum absolute atomic E-state index is 0.0596. The van der Waals surface area contributed by atoms with E-state index in [9.17, 15) is 19.7 Å². The first-order valence-corrected chi connectivity index (χ1v) is 9.09. The molecule has 2 aromatic carbocycles. The van der Waals surface area contributed by atoms with E-state index in [1.54, 1.807) is 0 Å². The summed E-state index contributed by atoms with van der Waals surface area (Å²) in [6, 6.07) is 13.1. The van der Waals surface area contributed by atoms with Crippen molar-refractivity contribution in [3.63, 3.8) is 0 Å². The quantitative estimate of drug-likeness (QED) is 0.315. The molecule has 0 fully saturated rings. The van der Waals surface area contributed by atoms with Crippen LogP contribution >= 0.6 is 0 Å². The van der Waals surface area contributed by atoms with Crippen LogP contribution in [0.25, 0.3) is 0 Å². The zero-order chi connectivity index (χ0) is 21.4. The second kappa shape index (κ2) is 9.68. The number of benzene rings is 2. The second-order valence-electron chi connectivity index (χ2n) is 7.32. The predicted octanol–water partition coefficient (Wildman–Crippen LogP) is 3.24. The monoisotopic (exact) mass is 400 g/mol. The number of para-hydroxylation sites is 1. The zero-order valence-electron chi connectivity index (χ0n) is 16.6. The van der Waals surface area contributed by atoms with Crippen LogP contribution < -0.4 is 10.1 Å². The number of nitro benzene ring substituents is 1. The van der Waals surface area contributed by atoms with Gasteiger partial charge in [-0.15, -0.1) is 0 Å². The summed E-state index contributed by atoms with van der Waals surface area (Å²) in [6.45, 7) is 6.32. The second-order valence-corrected chi connectivity index (χ2v) is 7.32. The van der Waals surface area contributed by atoms with Gasteiger partial charge in [0.05, 0.1) is 11.5 Å². The van der Waals surface area contributed by atoms with Crippen molar-refractivity contribution < 1.29 is 24.0 Å². The van der Waals surface area contributed by atoms with Crippen LogP contribution in [0.4, 0.5) is 5.69 Å². The summed E-state index contributed by atoms with van der Waals surface area (Å²) in [5.41, 5.74) is 0.680. The Morgan fingerprint density at radius 3 is 2.34 bits per heavy atom. The summed E-state index contributed by atoms with van der Waals surface area (Å²) in [6.07, 6.45) is 0. The van der Waals surface area contributed by atoms with Crippen LogP contribution in [0.15, 0.2) is 48.5 Å². The fourth-order valence-corrected chi connectivity index (χ4v) is 2.48. The Labute approximate surface area is 169 Å². The fourth-order valence-electron chi connectivity index (χ4n) is 2.48. The van der Waals surface area contributed by atoms with Gasteiger partial charge in [0.1, 0.15) is 17.9 Å². The molecule has 0 aliphatic heterocycles. The molecule has 0 spiro atoms. The van der Waals surface area contributed by atoms with Crippen LogP contribution in [0.1, 0.15) is 36.7 Å². The Morgan fingerprint density at radius 1 is 1.07 bits per heavy atom. The summed E-state index contributed by atoms with van der Waals surface area (Å²) in [5.74, 6) is -0.763. The molecule has 0 bridgehead atoms. The first kappa shape index (κ1) is 21.9. The number of nitrogens with one attached hydrogen (secondary N) is 1. The van der Waals surface area contributed by atoms with Crippen molar-refractivity contribution in [3.05, 3.63) is 69.8 Å². The minimum Gasteiger partial charge on any atom is -0.492 e. The molecular formula is C21H24N2O6. The number of hydrogen-bond acceptors (Lipinski definition) is 6. The van der Waals surface area contributed by atoms with Gasteiger partial charge in [0, 0.05) is 6.07 Å². The molecule has 0 unspecified atom stereocenters. The molecule has 29 heavy (non-hydrogen) atoms. The molecule has 0 atom stereocenters. The molecule has 1 amide bonds. The minimum atomic E-state index is -0.928. The third kappa shape index (κ3) is 6.60. The van der Waals surface area contributed by atoms with E-state index in [-0.39, 0.29) is 29.8 Å². The molecular weight excluding hydrogens is 376 g/mol. The number of nitrogens with zero attached hydrogens (tertiary/aromatic N) is 1. The number of rotatable bonds is 8. The molecule has 0 aliphatic rings. The number of carbonyl (C=O) groups excluding carboxylic acids is 2. The standard InChI is InChI=1S/C21H24N2O6/c1-21(2,3)15-8-10-16(11-9-15)28-13-12-22-19(24)14-29-20(25)17-6-4-5-7-18(17)23(26)27/h4-11H,12-14H2,1-3H3,(H,22,24). The molecule has 1 N–H and O–H groups in total.